The van der Waals surface area contributed by atoms with Crippen molar-refractivity contribution in [1.82, 2.24) is 19.6 Å². The Balaban J connectivity index is 2.28. The summed E-state index contributed by atoms with van der Waals surface area (Å²) in [6, 6.07) is 4.21. The quantitative estimate of drug-likeness (QED) is 0.707. The third kappa shape index (κ3) is 1.77. The maximum atomic E-state index is 9.41. The van der Waals surface area contributed by atoms with Crippen molar-refractivity contribution in [3.05, 3.63) is 24.5 Å². The normalized spacial score (nSPS) is 10.3. The first-order valence-electron chi connectivity index (χ1n) is 3.69. The van der Waals surface area contributed by atoms with Gasteiger partial charge in [0, 0.05) is 11.9 Å². The fourth-order valence-corrected chi connectivity index (χ4v) is 1.54. The van der Waals surface area contributed by atoms with E-state index in [9.17, 15) is 10.2 Å². The molecule has 0 saturated carbocycles. The summed E-state index contributed by atoms with van der Waals surface area (Å²) in [6.45, 7) is 0. The van der Waals surface area contributed by atoms with Gasteiger partial charge in [0.05, 0.1) is 4.90 Å². The highest BCUT2D eigenvalue weighted by atomic mass is 32.2. The first-order chi connectivity index (χ1) is 6.75. The zero-order valence-electron chi connectivity index (χ0n) is 6.90. The minimum Gasteiger partial charge on any atom is -0.508 e. The monoisotopic (exact) mass is 210 g/mol. The van der Waals surface area contributed by atoms with Gasteiger partial charge in [0.25, 0.3) is 0 Å². The molecule has 2 rings (SSSR count). The molecule has 0 radical (unpaired) electrons. The molecule has 0 saturated heterocycles. The van der Waals surface area contributed by atoms with Crippen LogP contribution in [0.2, 0.25) is 0 Å². The van der Waals surface area contributed by atoms with Crippen LogP contribution in [0.5, 0.6) is 11.5 Å². The number of aromatic hydroxyl groups is 2. The van der Waals surface area contributed by atoms with Gasteiger partial charge in [0.15, 0.2) is 6.33 Å². The second-order valence-electron chi connectivity index (χ2n) is 2.43. The number of nitrogens with zero attached hydrogens (tertiary/aromatic N) is 4. The Bertz CT molecular complexity index is 431. The van der Waals surface area contributed by atoms with Crippen molar-refractivity contribution in [2.75, 3.05) is 0 Å². The summed E-state index contributed by atoms with van der Waals surface area (Å²) in [5.74, 6) is 0.135. The SMILES string of the molecule is Oc1ccc(O)c(Sn2ncnn2)c1. The number of rotatable bonds is 2. The van der Waals surface area contributed by atoms with Crippen LogP contribution in [0.1, 0.15) is 0 Å². The van der Waals surface area contributed by atoms with Crippen LogP contribution in [0.3, 0.4) is 0 Å². The van der Waals surface area contributed by atoms with Gasteiger partial charge >= 0.3 is 0 Å². The van der Waals surface area contributed by atoms with Gasteiger partial charge in [-0.2, -0.15) is 0 Å². The number of tetrazole rings is 1. The largest absolute Gasteiger partial charge is 0.508 e. The van der Waals surface area contributed by atoms with E-state index in [1.165, 1.54) is 28.7 Å². The third-order valence-corrected chi connectivity index (χ3v) is 2.31. The van der Waals surface area contributed by atoms with E-state index in [2.05, 4.69) is 15.4 Å². The zero-order valence-corrected chi connectivity index (χ0v) is 7.72. The minimum atomic E-state index is 0.0603. The van der Waals surface area contributed by atoms with E-state index in [1.807, 2.05) is 0 Å². The molecule has 6 nitrogen and oxygen atoms in total. The molecule has 1 aromatic heterocycles. The number of hydrogen-bond acceptors (Lipinski definition) is 6. The summed E-state index contributed by atoms with van der Waals surface area (Å²) in [7, 11) is 0. The van der Waals surface area contributed by atoms with Gasteiger partial charge in [-0.25, -0.2) is 0 Å². The van der Waals surface area contributed by atoms with Gasteiger partial charge in [-0.3, -0.25) is 0 Å². The highest BCUT2D eigenvalue weighted by Gasteiger charge is 2.05. The molecule has 2 N–H and O–H groups in total. The van der Waals surface area contributed by atoms with Crippen LogP contribution < -0.4 is 0 Å². The van der Waals surface area contributed by atoms with Crippen molar-refractivity contribution in [2.45, 2.75) is 4.90 Å². The van der Waals surface area contributed by atoms with E-state index in [1.54, 1.807) is 0 Å². The molecule has 0 aliphatic rings. The lowest BCUT2D eigenvalue weighted by Crippen LogP contribution is -1.91. The second kappa shape index (κ2) is 3.54. The smallest absolute Gasteiger partial charge is 0.163 e. The molecule has 0 bridgehead atoms. The molecule has 0 atom stereocenters. The van der Waals surface area contributed by atoms with Gasteiger partial charge in [-0.15, -0.1) is 10.2 Å². The molecule has 14 heavy (non-hydrogen) atoms. The Hall–Kier alpha value is -1.76. The highest BCUT2D eigenvalue weighted by molar-refractivity contribution is 7.97. The van der Waals surface area contributed by atoms with E-state index in [4.69, 9.17) is 0 Å². The molecule has 72 valence electrons. The van der Waals surface area contributed by atoms with Crippen LogP contribution in [-0.4, -0.2) is 29.8 Å². The zero-order chi connectivity index (χ0) is 9.97. The van der Waals surface area contributed by atoms with E-state index in [0.29, 0.717) is 4.90 Å². The lowest BCUT2D eigenvalue weighted by Gasteiger charge is -2.01. The van der Waals surface area contributed by atoms with Gasteiger partial charge in [0.2, 0.25) is 0 Å². The Morgan fingerprint density at radius 3 is 2.86 bits per heavy atom. The van der Waals surface area contributed by atoms with Gasteiger partial charge in [-0.05, 0) is 23.4 Å². The van der Waals surface area contributed by atoms with E-state index in [0.717, 1.165) is 11.9 Å². The summed E-state index contributed by atoms with van der Waals surface area (Å²) in [4.78, 5) is 0.461. The molecule has 0 amide bonds. The maximum absolute atomic E-state index is 9.41. The van der Waals surface area contributed by atoms with Crippen molar-refractivity contribution in [3.63, 3.8) is 0 Å². The van der Waals surface area contributed by atoms with Crippen LogP contribution in [0, 0.1) is 0 Å². The van der Waals surface area contributed by atoms with Crippen LogP contribution in [0.15, 0.2) is 29.4 Å². The predicted octanol–water partition coefficient (Wildman–Crippen LogP) is 0.640. The summed E-state index contributed by atoms with van der Waals surface area (Å²) in [6.07, 6.45) is 1.28. The summed E-state index contributed by atoms with van der Waals surface area (Å²) in [5.41, 5.74) is 0. The minimum absolute atomic E-state index is 0.0603. The molecular formula is C7H6N4O2S. The van der Waals surface area contributed by atoms with Gasteiger partial charge in [-0.1, -0.05) is 4.20 Å². The topological polar surface area (TPSA) is 84.1 Å². The third-order valence-electron chi connectivity index (χ3n) is 1.45. The molecule has 0 aliphatic carbocycles. The first-order valence-corrected chi connectivity index (χ1v) is 4.46. The van der Waals surface area contributed by atoms with Crippen LogP contribution in [0.4, 0.5) is 0 Å². The van der Waals surface area contributed by atoms with E-state index < -0.39 is 0 Å². The average Bonchev–Trinajstić information content (AvgIpc) is 2.64. The van der Waals surface area contributed by atoms with Crippen molar-refractivity contribution in [3.8, 4) is 11.5 Å². The number of aromatic nitrogens is 4. The maximum Gasteiger partial charge on any atom is 0.163 e. The van der Waals surface area contributed by atoms with Crippen molar-refractivity contribution in [2.24, 2.45) is 0 Å². The number of phenols is 2. The van der Waals surface area contributed by atoms with Gasteiger partial charge < -0.3 is 10.2 Å². The van der Waals surface area contributed by atoms with Gasteiger partial charge in [0.1, 0.15) is 11.5 Å². The average molecular weight is 210 g/mol. The summed E-state index contributed by atoms with van der Waals surface area (Å²) < 4.78 is 1.23. The van der Waals surface area contributed by atoms with Crippen LogP contribution in [-0.2, 0) is 0 Å². The molecule has 0 fully saturated rings. The van der Waals surface area contributed by atoms with Crippen molar-refractivity contribution in [1.29, 1.82) is 0 Å². The van der Waals surface area contributed by atoms with Crippen LogP contribution in [0.25, 0.3) is 0 Å². The Kier molecular flexibility index (Phi) is 2.23. The summed E-state index contributed by atoms with van der Waals surface area (Å²) in [5, 5.41) is 29.5. The van der Waals surface area contributed by atoms with Crippen molar-refractivity contribution >= 4 is 11.9 Å². The molecule has 0 aliphatic heterocycles. The molecular weight excluding hydrogens is 204 g/mol. The Morgan fingerprint density at radius 1 is 1.29 bits per heavy atom. The lowest BCUT2D eigenvalue weighted by molar-refractivity contribution is 0.448. The first kappa shape index (κ1) is 8.82. The molecule has 1 heterocycles. The lowest BCUT2D eigenvalue weighted by atomic mass is 10.3. The molecule has 0 unspecified atom stereocenters. The number of phenolic OH excluding ortho intramolecular Hbond substituents is 2. The van der Waals surface area contributed by atoms with Crippen LogP contribution >= 0.6 is 11.9 Å². The summed E-state index contributed by atoms with van der Waals surface area (Å²) >= 11 is 1.06. The second-order valence-corrected chi connectivity index (χ2v) is 3.38. The Labute approximate surface area is 83.3 Å². The molecule has 0 spiro atoms. The van der Waals surface area contributed by atoms with Crippen molar-refractivity contribution < 1.29 is 10.2 Å². The Morgan fingerprint density at radius 2 is 2.14 bits per heavy atom. The molecule has 2 aromatic rings. The highest BCUT2D eigenvalue weighted by Crippen LogP contribution is 2.31. The predicted molar refractivity (Wildman–Crippen MR) is 48.8 cm³/mol. The fourth-order valence-electron chi connectivity index (χ4n) is 0.863. The standard InChI is InChI=1S/C7H6N4O2S/c12-5-1-2-6(13)7(3-5)14-11-9-4-8-10-11/h1-4,12-13H. The van der Waals surface area contributed by atoms with E-state index >= 15 is 0 Å². The van der Waals surface area contributed by atoms with E-state index in [-0.39, 0.29) is 11.5 Å². The number of hydrogen-bond donors (Lipinski definition) is 2. The molecule has 1 aromatic carbocycles. The molecule has 7 heteroatoms. The fraction of sp³-hybridized carbons (Fsp3) is 0. The number of benzene rings is 1.